The fourth-order valence-corrected chi connectivity index (χ4v) is 3.90. The van der Waals surface area contributed by atoms with Gasteiger partial charge in [0.25, 0.3) is 0 Å². The average Bonchev–Trinajstić information content (AvgIpc) is 3.18. The van der Waals surface area contributed by atoms with Crippen LogP contribution in [-0.2, 0) is 17.3 Å². The first-order valence-electron chi connectivity index (χ1n) is 8.14. The van der Waals surface area contributed by atoms with Gasteiger partial charge in [0.2, 0.25) is 5.16 Å². The highest BCUT2D eigenvalue weighted by Gasteiger charge is 2.33. The molecule has 3 aromatic rings. The third kappa shape index (κ3) is 3.44. The summed E-state index contributed by atoms with van der Waals surface area (Å²) in [6, 6.07) is 3.19. The van der Waals surface area contributed by atoms with E-state index in [1.807, 2.05) is 0 Å². The summed E-state index contributed by atoms with van der Waals surface area (Å²) in [6.45, 7) is 0.111. The van der Waals surface area contributed by atoms with Crippen molar-refractivity contribution in [3.63, 3.8) is 0 Å². The molecule has 0 bridgehead atoms. The molecule has 2 heterocycles. The van der Waals surface area contributed by atoms with Gasteiger partial charge in [-0.2, -0.15) is 5.10 Å². The maximum absolute atomic E-state index is 13.2. The molecule has 1 atom stereocenters. The first-order chi connectivity index (χ1) is 13.0. The second kappa shape index (κ2) is 7.18. The van der Waals surface area contributed by atoms with E-state index in [1.54, 1.807) is 12.1 Å². The van der Waals surface area contributed by atoms with Gasteiger partial charge in [0, 0.05) is 23.3 Å². The molecule has 0 spiro atoms. The molecule has 0 saturated heterocycles. The monoisotopic (exact) mass is 424 g/mol. The Labute approximate surface area is 167 Å². The van der Waals surface area contributed by atoms with Crippen molar-refractivity contribution in [1.82, 2.24) is 19.9 Å². The van der Waals surface area contributed by atoms with E-state index in [0.717, 1.165) is 12.8 Å². The molecule has 1 unspecified atom stereocenters. The lowest BCUT2D eigenvalue weighted by Crippen LogP contribution is -2.13. The van der Waals surface area contributed by atoms with E-state index in [9.17, 15) is 9.00 Å². The minimum Gasteiger partial charge on any atom is -0.360 e. The molecule has 0 aliphatic heterocycles. The van der Waals surface area contributed by atoms with E-state index < -0.39 is 10.8 Å². The Balaban J connectivity index is 1.78. The molecule has 10 heteroatoms. The van der Waals surface area contributed by atoms with Gasteiger partial charge < -0.3 is 4.52 Å². The predicted molar refractivity (Wildman–Crippen MR) is 99.8 cm³/mol. The van der Waals surface area contributed by atoms with Gasteiger partial charge in [-0.25, -0.2) is 9.67 Å². The zero-order valence-corrected chi connectivity index (χ0v) is 16.5. The maximum Gasteiger partial charge on any atom is 0.217 e. The summed E-state index contributed by atoms with van der Waals surface area (Å²) in [5.41, 5.74) is 1.28. The van der Waals surface area contributed by atoms with Crippen LogP contribution in [-0.4, -0.2) is 36.2 Å². The van der Waals surface area contributed by atoms with Crippen LogP contribution >= 0.6 is 23.2 Å². The van der Waals surface area contributed by atoms with Crippen molar-refractivity contribution in [2.75, 3.05) is 6.26 Å². The first kappa shape index (κ1) is 18.3. The summed E-state index contributed by atoms with van der Waals surface area (Å²) < 4.78 is 18.6. The molecule has 1 aliphatic carbocycles. The van der Waals surface area contributed by atoms with Crippen LogP contribution in [0.3, 0.4) is 0 Å². The molecular formula is C17H14Cl2N4O3S. The van der Waals surface area contributed by atoms with Crippen molar-refractivity contribution in [2.24, 2.45) is 0 Å². The lowest BCUT2D eigenvalue weighted by molar-refractivity contribution is 0.103. The number of carbonyl (C=O) groups excluding carboxylic acids is 1. The number of benzene rings is 1. The highest BCUT2D eigenvalue weighted by molar-refractivity contribution is 7.84. The second-order valence-electron chi connectivity index (χ2n) is 6.25. The summed E-state index contributed by atoms with van der Waals surface area (Å²) in [7, 11) is -1.34. The summed E-state index contributed by atoms with van der Waals surface area (Å²) in [5.74, 6) is 0.598. The van der Waals surface area contributed by atoms with Gasteiger partial charge in [0.1, 0.15) is 6.33 Å². The van der Waals surface area contributed by atoms with Crippen LogP contribution in [0.4, 0.5) is 0 Å². The van der Waals surface area contributed by atoms with E-state index in [0.29, 0.717) is 27.5 Å². The number of carbonyl (C=O) groups is 1. The smallest absolute Gasteiger partial charge is 0.217 e. The molecule has 0 N–H and O–H groups in total. The molecule has 1 fully saturated rings. The normalized spacial score (nSPS) is 15.1. The minimum atomic E-state index is -1.34. The van der Waals surface area contributed by atoms with E-state index >= 15 is 0 Å². The molecule has 7 nitrogen and oxygen atoms in total. The Bertz CT molecular complexity index is 1060. The predicted octanol–water partition coefficient (Wildman–Crippen LogP) is 3.47. The van der Waals surface area contributed by atoms with Crippen LogP contribution in [0, 0.1) is 0 Å². The van der Waals surface area contributed by atoms with E-state index in [4.69, 9.17) is 27.7 Å². The van der Waals surface area contributed by atoms with Crippen molar-refractivity contribution in [2.45, 2.75) is 30.5 Å². The van der Waals surface area contributed by atoms with Crippen LogP contribution in [0.25, 0.3) is 0 Å². The fourth-order valence-electron chi connectivity index (χ4n) is 2.90. The van der Waals surface area contributed by atoms with Crippen LogP contribution in [0.2, 0.25) is 10.0 Å². The Morgan fingerprint density at radius 2 is 2.11 bits per heavy atom. The molecule has 1 saturated carbocycles. The molecular weight excluding hydrogens is 411 g/mol. The van der Waals surface area contributed by atoms with Gasteiger partial charge in [0.05, 0.1) is 39.1 Å². The number of aromatic nitrogens is 4. The Morgan fingerprint density at radius 1 is 1.33 bits per heavy atom. The number of ketones is 1. The molecule has 1 aliphatic rings. The van der Waals surface area contributed by atoms with Gasteiger partial charge in [0.15, 0.2) is 11.5 Å². The Kier molecular flexibility index (Phi) is 4.88. The van der Waals surface area contributed by atoms with Gasteiger partial charge in [-0.15, -0.1) is 0 Å². The highest BCUT2D eigenvalue weighted by atomic mass is 35.5. The SMILES string of the molecule is CS(=O)c1ncnn1Cc1c(C(=O)c2cnoc2C2CC2)ccc(Cl)c1Cl. The Hall–Kier alpha value is -2.03. The number of nitrogens with zero attached hydrogens (tertiary/aromatic N) is 4. The standard InChI is InChI=1S/C17H14Cl2N4O3S/c1-27(25)17-20-8-21-23(17)7-12-10(4-5-13(18)14(12)19)15(24)11-6-22-26-16(11)9-2-3-9/h4-6,8-9H,2-3,7H2,1H3. The van der Waals surface area contributed by atoms with Crippen molar-refractivity contribution in [3.8, 4) is 0 Å². The molecule has 140 valence electrons. The lowest BCUT2D eigenvalue weighted by Gasteiger charge is -2.13. The topological polar surface area (TPSA) is 90.9 Å². The highest BCUT2D eigenvalue weighted by Crippen LogP contribution is 2.42. The van der Waals surface area contributed by atoms with Crippen molar-refractivity contribution in [3.05, 3.63) is 57.2 Å². The van der Waals surface area contributed by atoms with Crippen LogP contribution in [0.15, 0.2) is 34.3 Å². The number of hydrogen-bond donors (Lipinski definition) is 0. The summed E-state index contributed by atoms with van der Waals surface area (Å²) in [5, 5.41) is 8.73. The molecule has 4 rings (SSSR count). The lowest BCUT2D eigenvalue weighted by atomic mass is 9.97. The van der Waals surface area contributed by atoms with Crippen molar-refractivity contribution in [1.29, 1.82) is 0 Å². The fraction of sp³-hybridized carbons (Fsp3) is 0.294. The zero-order chi connectivity index (χ0) is 19.1. The maximum atomic E-state index is 13.2. The molecule has 1 aromatic carbocycles. The number of hydrogen-bond acceptors (Lipinski definition) is 6. The number of rotatable bonds is 6. The summed E-state index contributed by atoms with van der Waals surface area (Å²) in [6.07, 6.45) is 6.21. The third-order valence-corrected chi connectivity index (χ3v) is 6.05. The largest absolute Gasteiger partial charge is 0.360 e. The van der Waals surface area contributed by atoms with Gasteiger partial charge in [-0.3, -0.25) is 9.00 Å². The van der Waals surface area contributed by atoms with Crippen molar-refractivity contribution >= 4 is 39.8 Å². The van der Waals surface area contributed by atoms with Gasteiger partial charge in [-0.1, -0.05) is 28.4 Å². The minimum absolute atomic E-state index is 0.111. The van der Waals surface area contributed by atoms with E-state index in [-0.39, 0.29) is 28.4 Å². The van der Waals surface area contributed by atoms with E-state index in [1.165, 1.54) is 23.5 Å². The summed E-state index contributed by atoms with van der Waals surface area (Å²) >= 11 is 12.6. The quantitative estimate of drug-likeness (QED) is 0.562. The van der Waals surface area contributed by atoms with Gasteiger partial charge in [-0.05, 0) is 25.0 Å². The molecule has 2 aromatic heterocycles. The van der Waals surface area contributed by atoms with Crippen LogP contribution in [0.5, 0.6) is 0 Å². The molecule has 27 heavy (non-hydrogen) atoms. The van der Waals surface area contributed by atoms with Crippen LogP contribution in [0.1, 0.15) is 46.0 Å². The number of halogens is 2. The van der Waals surface area contributed by atoms with Gasteiger partial charge >= 0.3 is 0 Å². The second-order valence-corrected chi connectivity index (χ2v) is 8.31. The zero-order valence-electron chi connectivity index (χ0n) is 14.2. The van der Waals surface area contributed by atoms with Crippen LogP contribution < -0.4 is 0 Å². The molecule has 0 radical (unpaired) electrons. The molecule has 0 amide bonds. The Morgan fingerprint density at radius 3 is 2.81 bits per heavy atom. The summed E-state index contributed by atoms with van der Waals surface area (Å²) in [4.78, 5) is 17.2. The average molecular weight is 425 g/mol. The third-order valence-electron chi connectivity index (χ3n) is 4.38. The van der Waals surface area contributed by atoms with E-state index in [2.05, 4.69) is 15.2 Å². The first-order valence-corrected chi connectivity index (χ1v) is 10.5. The van der Waals surface area contributed by atoms with Crippen molar-refractivity contribution < 1.29 is 13.5 Å².